The Balaban J connectivity index is 0.00000560. The van der Waals surface area contributed by atoms with Crippen LogP contribution >= 0.6 is 0 Å². The van der Waals surface area contributed by atoms with E-state index < -0.39 is 0 Å². The van der Waals surface area contributed by atoms with Crippen molar-refractivity contribution >= 4 is 44.6 Å². The minimum absolute atomic E-state index is 0. The zero-order chi connectivity index (χ0) is 44.6. The van der Waals surface area contributed by atoms with Gasteiger partial charge >= 0.3 is 0 Å². The maximum atomic E-state index is 6.91. The van der Waals surface area contributed by atoms with Crippen molar-refractivity contribution in [1.82, 2.24) is 9.55 Å². The second-order valence-electron chi connectivity index (χ2n) is 21.3. The summed E-state index contributed by atoms with van der Waals surface area (Å²) < 4.78 is 9.14. The van der Waals surface area contributed by atoms with Crippen LogP contribution in [0.2, 0.25) is 0 Å². The Morgan fingerprint density at radius 2 is 1.19 bits per heavy atom. The van der Waals surface area contributed by atoms with E-state index in [-0.39, 0.29) is 42.7 Å². The summed E-state index contributed by atoms with van der Waals surface area (Å²) in [6.45, 7) is 29.3. The van der Waals surface area contributed by atoms with Crippen molar-refractivity contribution < 1.29 is 25.8 Å². The van der Waals surface area contributed by atoms with Crippen LogP contribution in [0.3, 0.4) is 0 Å². The SMILES string of the molecule is CC(C)(C)c1cc(Oc2[c-]c3c(cc2)c2cc(-c4ccccc4)ccc2n3-c2cc(C(C)(C)C)ccn2)[c-]c(N2[CH-]N(c3cccc(C(C)(C)C)c3)c3ccc(C(C)(C)C)cc32)c1.[Pt]. The van der Waals surface area contributed by atoms with Gasteiger partial charge in [-0.2, -0.15) is 6.07 Å². The molecule has 6 heteroatoms. The van der Waals surface area contributed by atoms with E-state index in [0.29, 0.717) is 11.5 Å². The average Bonchev–Trinajstić information content (AvgIpc) is 3.78. The fourth-order valence-corrected chi connectivity index (χ4v) is 8.45. The van der Waals surface area contributed by atoms with Crippen molar-refractivity contribution in [2.24, 2.45) is 0 Å². The molecule has 0 saturated carbocycles. The molecule has 0 spiro atoms. The predicted octanol–water partition coefficient (Wildman–Crippen LogP) is 15.8. The number of rotatable bonds is 6. The fourth-order valence-electron chi connectivity index (χ4n) is 8.45. The summed E-state index contributed by atoms with van der Waals surface area (Å²) in [5.74, 6) is 2.09. The molecule has 8 aromatic rings. The number of pyridine rings is 1. The van der Waals surface area contributed by atoms with Crippen LogP contribution in [0, 0.1) is 18.8 Å². The maximum absolute atomic E-state index is 6.91. The van der Waals surface area contributed by atoms with Crippen LogP contribution < -0.4 is 14.5 Å². The van der Waals surface area contributed by atoms with Crippen molar-refractivity contribution in [3.05, 3.63) is 175 Å². The van der Waals surface area contributed by atoms with Crippen LogP contribution in [-0.4, -0.2) is 9.55 Å². The first-order valence-corrected chi connectivity index (χ1v) is 22.2. The Morgan fingerprint density at radius 3 is 1.89 bits per heavy atom. The Hall–Kier alpha value is -5.64. The molecule has 0 amide bonds. The molecule has 0 saturated heterocycles. The summed E-state index contributed by atoms with van der Waals surface area (Å²) in [4.78, 5) is 9.54. The molecule has 330 valence electrons. The summed E-state index contributed by atoms with van der Waals surface area (Å²) in [7, 11) is 0. The predicted molar refractivity (Wildman–Crippen MR) is 264 cm³/mol. The molecule has 0 fully saturated rings. The first kappa shape index (κ1) is 44.9. The van der Waals surface area contributed by atoms with Gasteiger partial charge in [0.25, 0.3) is 0 Å². The molecular weight excluding hydrogens is 964 g/mol. The molecule has 1 aliphatic heterocycles. The molecule has 0 bridgehead atoms. The number of benzene rings is 6. The van der Waals surface area contributed by atoms with E-state index in [4.69, 9.17) is 9.72 Å². The van der Waals surface area contributed by atoms with Gasteiger partial charge in [0.05, 0.1) is 0 Å². The normalized spacial score (nSPS) is 13.4. The smallest absolute Gasteiger partial charge is 0.135 e. The first-order chi connectivity index (χ1) is 29.7. The van der Waals surface area contributed by atoms with Gasteiger partial charge in [0.2, 0.25) is 0 Å². The Morgan fingerprint density at radius 1 is 0.500 bits per heavy atom. The quantitative estimate of drug-likeness (QED) is 0.155. The standard InChI is InChI=1S/C58H59N4O.Pt/c1-55(2,3)40-19-16-20-44(30-40)60-37-61(53-33-41(56(4,5)6)22-26-51(53)60)45-31-43(58(10,11)12)32-47(35-45)63-46-23-24-48-49-29-39(38-17-14-13-15-18-38)21-25-50(49)62(52(48)36-46)54-34-42(27-28-59-54)57(7,8)9;/h13-34,37H,1-12H3;/q-3;. The third-order valence-electron chi connectivity index (χ3n) is 12.4. The third kappa shape index (κ3) is 8.64. The van der Waals surface area contributed by atoms with Gasteiger partial charge in [0, 0.05) is 61.3 Å². The molecule has 6 aromatic carbocycles. The molecule has 0 radical (unpaired) electrons. The summed E-state index contributed by atoms with van der Waals surface area (Å²) in [5, 5.41) is 2.22. The minimum Gasteiger partial charge on any atom is -0.509 e. The van der Waals surface area contributed by atoms with Crippen molar-refractivity contribution in [2.75, 3.05) is 9.80 Å². The van der Waals surface area contributed by atoms with Gasteiger partial charge in [-0.15, -0.1) is 53.6 Å². The summed E-state index contributed by atoms with van der Waals surface area (Å²) in [5.41, 5.74) is 13.3. The van der Waals surface area contributed by atoms with Gasteiger partial charge < -0.3 is 19.1 Å². The number of anilines is 4. The van der Waals surface area contributed by atoms with Gasteiger partial charge in [-0.05, 0) is 97.3 Å². The van der Waals surface area contributed by atoms with Crippen LogP contribution in [0.15, 0.2) is 134 Å². The number of ether oxygens (including phenoxy) is 1. The third-order valence-corrected chi connectivity index (χ3v) is 12.4. The van der Waals surface area contributed by atoms with Gasteiger partial charge in [-0.1, -0.05) is 149 Å². The number of hydrogen-bond acceptors (Lipinski definition) is 4. The number of hydrogen-bond donors (Lipinski definition) is 0. The van der Waals surface area contributed by atoms with E-state index in [1.54, 1.807) is 0 Å². The molecule has 0 unspecified atom stereocenters. The van der Waals surface area contributed by atoms with E-state index in [9.17, 15) is 0 Å². The number of nitrogens with zero attached hydrogens (tertiary/aromatic N) is 4. The van der Waals surface area contributed by atoms with Gasteiger partial charge in [-0.25, -0.2) is 4.98 Å². The Bertz CT molecular complexity index is 3010. The van der Waals surface area contributed by atoms with E-state index in [1.165, 1.54) is 22.3 Å². The second-order valence-corrected chi connectivity index (χ2v) is 21.3. The molecule has 5 nitrogen and oxygen atoms in total. The van der Waals surface area contributed by atoms with E-state index in [2.05, 4.69) is 238 Å². The van der Waals surface area contributed by atoms with E-state index >= 15 is 0 Å². The molecule has 64 heavy (non-hydrogen) atoms. The van der Waals surface area contributed by atoms with Gasteiger partial charge in [0.15, 0.2) is 0 Å². The molecule has 3 heterocycles. The largest absolute Gasteiger partial charge is 0.509 e. The van der Waals surface area contributed by atoms with Crippen LogP contribution in [0.5, 0.6) is 11.5 Å². The van der Waals surface area contributed by atoms with Crippen molar-refractivity contribution in [1.29, 1.82) is 0 Å². The zero-order valence-corrected chi connectivity index (χ0v) is 41.6. The average molecular weight is 1020 g/mol. The second kappa shape index (κ2) is 16.4. The van der Waals surface area contributed by atoms with E-state index in [1.807, 2.05) is 12.3 Å². The molecule has 1 aliphatic rings. The first-order valence-electron chi connectivity index (χ1n) is 22.2. The molecule has 9 rings (SSSR count). The monoisotopic (exact) mass is 1020 g/mol. The van der Waals surface area contributed by atoms with Crippen molar-refractivity contribution in [3.63, 3.8) is 0 Å². The fraction of sp³-hybridized carbons (Fsp3) is 0.276. The number of fused-ring (bicyclic) bond motifs is 4. The van der Waals surface area contributed by atoms with E-state index in [0.717, 1.165) is 61.5 Å². The number of aromatic nitrogens is 2. The molecule has 0 atom stereocenters. The van der Waals surface area contributed by atoms with Crippen molar-refractivity contribution in [2.45, 2.75) is 105 Å². The summed E-state index contributed by atoms with van der Waals surface area (Å²) in [6.07, 6.45) is 1.92. The van der Waals surface area contributed by atoms with Crippen LogP contribution in [0.4, 0.5) is 22.7 Å². The molecule has 0 N–H and O–H groups in total. The Kier molecular flexibility index (Phi) is 11.5. The van der Waals surface area contributed by atoms with Crippen LogP contribution in [-0.2, 0) is 42.7 Å². The minimum atomic E-state index is -0.168. The van der Waals surface area contributed by atoms with Crippen LogP contribution in [0.25, 0.3) is 38.8 Å². The summed E-state index contributed by atoms with van der Waals surface area (Å²) >= 11 is 0. The summed E-state index contributed by atoms with van der Waals surface area (Å²) in [6, 6.07) is 53.4. The Labute approximate surface area is 395 Å². The molecule has 0 aliphatic carbocycles. The topological polar surface area (TPSA) is 33.5 Å². The van der Waals surface area contributed by atoms with Gasteiger partial charge in [-0.3, -0.25) is 0 Å². The maximum Gasteiger partial charge on any atom is 0.135 e. The van der Waals surface area contributed by atoms with Crippen molar-refractivity contribution in [3.8, 4) is 28.4 Å². The van der Waals surface area contributed by atoms with Gasteiger partial charge in [0.1, 0.15) is 5.82 Å². The van der Waals surface area contributed by atoms with Crippen LogP contribution in [0.1, 0.15) is 105 Å². The molecule has 2 aromatic heterocycles. The zero-order valence-electron chi connectivity index (χ0n) is 39.3. The molecular formula is C58H59N4OPt-3.